The molecule has 2 heterocycles. The number of Topliss-reactive ketones (excluding diaryl/α,β-unsaturated/α-hetero) is 1. The van der Waals surface area contributed by atoms with E-state index in [-0.39, 0.29) is 24.2 Å². The van der Waals surface area contributed by atoms with Crippen LogP contribution in [0.4, 0.5) is 0 Å². The topological polar surface area (TPSA) is 92.5 Å². The number of aryl methyl sites for hydroxylation is 1. The number of hydrogen-bond acceptors (Lipinski definition) is 5. The second-order valence-corrected chi connectivity index (χ2v) is 7.71. The van der Waals surface area contributed by atoms with Crippen LogP contribution in [0.2, 0.25) is 0 Å². The molecular weight excluding hydrogens is 394 g/mol. The monoisotopic (exact) mass is 419 g/mol. The van der Waals surface area contributed by atoms with Crippen molar-refractivity contribution in [2.24, 2.45) is 0 Å². The number of benzene rings is 2. The summed E-state index contributed by atoms with van der Waals surface area (Å²) in [7, 11) is 0. The van der Waals surface area contributed by atoms with Gasteiger partial charge in [0.15, 0.2) is 5.58 Å². The van der Waals surface area contributed by atoms with Crippen molar-refractivity contribution < 1.29 is 18.8 Å². The molecule has 2 aromatic carbocycles. The lowest BCUT2D eigenvalue weighted by Gasteiger charge is -2.24. The van der Waals surface area contributed by atoms with Crippen molar-refractivity contribution in [2.75, 3.05) is 13.1 Å². The summed E-state index contributed by atoms with van der Waals surface area (Å²) in [4.78, 5) is 43.5. The summed E-state index contributed by atoms with van der Waals surface area (Å²) >= 11 is 0. The molecule has 0 radical (unpaired) electrons. The molecule has 1 saturated heterocycles. The molecule has 4 rings (SSSR count). The fourth-order valence-electron chi connectivity index (χ4n) is 3.92. The van der Waals surface area contributed by atoms with Crippen molar-refractivity contribution in [3.8, 4) is 0 Å². The van der Waals surface area contributed by atoms with Crippen LogP contribution in [0.3, 0.4) is 0 Å². The molecule has 1 aliphatic rings. The number of carbonyl (C=O) groups is 3. The molecule has 0 saturated carbocycles. The zero-order valence-electron chi connectivity index (χ0n) is 17.3. The lowest BCUT2D eigenvalue weighted by Crippen LogP contribution is -2.47. The number of carbonyl (C=O) groups excluding carboxylic acids is 3. The van der Waals surface area contributed by atoms with E-state index < -0.39 is 11.8 Å². The zero-order chi connectivity index (χ0) is 21.6. The van der Waals surface area contributed by atoms with Gasteiger partial charge in [-0.15, -0.1) is 0 Å². The van der Waals surface area contributed by atoms with E-state index >= 15 is 0 Å². The quantitative estimate of drug-likeness (QED) is 0.566. The maximum Gasteiger partial charge on any atom is 0.266 e. The van der Waals surface area contributed by atoms with E-state index in [1.807, 2.05) is 36.4 Å². The number of fused-ring (bicyclic) bond motifs is 1. The van der Waals surface area contributed by atoms with Crippen LogP contribution in [0.25, 0.3) is 11.1 Å². The van der Waals surface area contributed by atoms with E-state index in [9.17, 15) is 14.4 Å². The molecule has 0 bridgehead atoms. The molecule has 31 heavy (non-hydrogen) atoms. The first-order valence-corrected chi connectivity index (χ1v) is 10.6. The minimum Gasteiger partial charge on any atom is -0.434 e. The highest BCUT2D eigenvalue weighted by atomic mass is 16.4. The maximum atomic E-state index is 12.7. The Hall–Kier alpha value is -3.48. The molecule has 1 aliphatic heterocycles. The van der Waals surface area contributed by atoms with E-state index in [1.165, 1.54) is 5.56 Å². The molecule has 1 fully saturated rings. The summed E-state index contributed by atoms with van der Waals surface area (Å²) < 4.78 is 5.45. The minimum absolute atomic E-state index is 0.0149. The van der Waals surface area contributed by atoms with Gasteiger partial charge in [-0.3, -0.25) is 14.4 Å². The number of nitrogens with zero attached hydrogens (tertiary/aromatic N) is 2. The number of oxazole rings is 1. The summed E-state index contributed by atoms with van der Waals surface area (Å²) in [5.41, 5.74) is 2.32. The van der Waals surface area contributed by atoms with Crippen LogP contribution in [-0.2, 0) is 16.0 Å². The molecule has 7 heteroatoms. The molecule has 0 aliphatic carbocycles. The highest BCUT2D eigenvalue weighted by Gasteiger charge is 2.33. The van der Waals surface area contributed by atoms with Crippen molar-refractivity contribution in [3.05, 3.63) is 66.1 Å². The van der Waals surface area contributed by atoms with Crippen molar-refractivity contribution >= 4 is 28.7 Å². The van der Waals surface area contributed by atoms with Gasteiger partial charge in [0.25, 0.3) is 5.89 Å². The predicted molar refractivity (Wildman–Crippen MR) is 115 cm³/mol. The minimum atomic E-state index is -0.527. The third kappa shape index (κ3) is 4.99. The Kier molecular flexibility index (Phi) is 6.40. The van der Waals surface area contributed by atoms with Crippen molar-refractivity contribution in [1.82, 2.24) is 15.2 Å². The van der Waals surface area contributed by atoms with Crippen molar-refractivity contribution in [3.63, 3.8) is 0 Å². The highest BCUT2D eigenvalue weighted by molar-refractivity contribution is 5.98. The molecule has 160 valence electrons. The van der Waals surface area contributed by atoms with Crippen LogP contribution < -0.4 is 5.32 Å². The van der Waals surface area contributed by atoms with Crippen LogP contribution >= 0.6 is 0 Å². The SMILES string of the molecule is O=C(CNC(=O)C1CCCN1C(=O)CCCc1ccccc1)c1nc2ccccc2o1. The van der Waals surface area contributed by atoms with Gasteiger partial charge in [0.2, 0.25) is 17.6 Å². The Morgan fingerprint density at radius 2 is 1.84 bits per heavy atom. The summed E-state index contributed by atoms with van der Waals surface area (Å²) in [6.45, 7) is 0.361. The number of amides is 2. The van der Waals surface area contributed by atoms with Gasteiger partial charge in [0, 0.05) is 13.0 Å². The second-order valence-electron chi connectivity index (χ2n) is 7.71. The zero-order valence-corrected chi connectivity index (χ0v) is 17.3. The van der Waals surface area contributed by atoms with Crippen molar-refractivity contribution in [1.29, 1.82) is 0 Å². The Morgan fingerprint density at radius 1 is 1.06 bits per heavy atom. The molecule has 2 amide bonds. The average molecular weight is 419 g/mol. The molecular formula is C24H25N3O4. The Labute approximate surface area is 180 Å². The fraction of sp³-hybridized carbons (Fsp3) is 0.333. The lowest BCUT2D eigenvalue weighted by molar-refractivity contribution is -0.138. The molecule has 7 nitrogen and oxygen atoms in total. The van der Waals surface area contributed by atoms with Gasteiger partial charge >= 0.3 is 0 Å². The smallest absolute Gasteiger partial charge is 0.266 e. The van der Waals surface area contributed by atoms with Crippen LogP contribution in [0.15, 0.2) is 59.0 Å². The van der Waals surface area contributed by atoms with Gasteiger partial charge in [0.1, 0.15) is 11.6 Å². The molecule has 1 N–H and O–H groups in total. The molecule has 3 aromatic rings. The number of nitrogens with one attached hydrogen (secondary N) is 1. The maximum absolute atomic E-state index is 12.7. The molecule has 0 spiro atoms. The first-order valence-electron chi connectivity index (χ1n) is 10.6. The number of para-hydroxylation sites is 2. The standard InChI is InChI=1S/C24H25N3O4/c28-20(24-26-18-11-4-5-13-21(18)31-24)16-25-23(30)19-12-7-15-27(19)22(29)14-6-10-17-8-2-1-3-9-17/h1-5,8-9,11,13,19H,6-7,10,12,14-16H2,(H,25,30). The number of aromatic nitrogens is 1. The summed E-state index contributed by atoms with van der Waals surface area (Å²) in [6, 6.07) is 16.6. The molecule has 1 atom stereocenters. The molecule has 1 aromatic heterocycles. The largest absolute Gasteiger partial charge is 0.434 e. The summed E-state index contributed by atoms with van der Waals surface area (Å²) in [5, 5.41) is 2.65. The van der Waals surface area contributed by atoms with Crippen LogP contribution in [0, 0.1) is 0 Å². The number of rotatable bonds is 8. The van der Waals surface area contributed by atoms with Gasteiger partial charge in [-0.1, -0.05) is 42.5 Å². The van der Waals surface area contributed by atoms with Gasteiger partial charge in [-0.25, -0.2) is 4.98 Å². The van der Waals surface area contributed by atoms with Crippen LogP contribution in [-0.4, -0.2) is 46.6 Å². The first kappa shape index (κ1) is 20.8. The van der Waals surface area contributed by atoms with Gasteiger partial charge in [-0.2, -0.15) is 0 Å². The first-order chi connectivity index (χ1) is 15.1. The average Bonchev–Trinajstić information content (AvgIpc) is 3.45. The van der Waals surface area contributed by atoms with Gasteiger partial charge in [-0.05, 0) is 43.4 Å². The Morgan fingerprint density at radius 3 is 2.65 bits per heavy atom. The Bertz CT molecular complexity index is 1040. The number of hydrogen-bond donors (Lipinski definition) is 1. The lowest BCUT2D eigenvalue weighted by atomic mass is 10.1. The molecule has 1 unspecified atom stereocenters. The highest BCUT2D eigenvalue weighted by Crippen LogP contribution is 2.20. The predicted octanol–water partition coefficient (Wildman–Crippen LogP) is 3.14. The van der Waals surface area contributed by atoms with Crippen molar-refractivity contribution in [2.45, 2.75) is 38.1 Å². The Balaban J connectivity index is 1.28. The fourth-order valence-corrected chi connectivity index (χ4v) is 3.92. The van der Waals surface area contributed by atoms with Crippen LogP contribution in [0.5, 0.6) is 0 Å². The summed E-state index contributed by atoms with van der Waals surface area (Å²) in [6.07, 6.45) is 3.36. The van der Waals surface area contributed by atoms with Gasteiger partial charge in [0.05, 0.1) is 6.54 Å². The van der Waals surface area contributed by atoms with E-state index in [4.69, 9.17) is 4.42 Å². The second kappa shape index (κ2) is 9.55. The van der Waals surface area contributed by atoms with Gasteiger partial charge < -0.3 is 14.6 Å². The van der Waals surface area contributed by atoms with E-state index in [0.717, 1.165) is 19.3 Å². The number of ketones is 1. The van der Waals surface area contributed by atoms with Crippen LogP contribution in [0.1, 0.15) is 41.9 Å². The van der Waals surface area contributed by atoms with E-state index in [0.29, 0.717) is 30.5 Å². The summed E-state index contributed by atoms with van der Waals surface area (Å²) in [5.74, 6) is -0.748. The van der Waals surface area contributed by atoms with E-state index in [2.05, 4.69) is 10.3 Å². The van der Waals surface area contributed by atoms with E-state index in [1.54, 1.807) is 23.1 Å². The number of likely N-dealkylation sites (tertiary alicyclic amines) is 1. The third-order valence-corrected chi connectivity index (χ3v) is 5.53. The third-order valence-electron chi connectivity index (χ3n) is 5.53. The normalized spacial score (nSPS) is 15.9.